The molecule has 0 amide bonds. The zero-order chi connectivity index (χ0) is 12.3. The highest BCUT2D eigenvalue weighted by Gasteiger charge is 2.33. The van der Waals surface area contributed by atoms with E-state index in [0.29, 0.717) is 0 Å². The number of hydrogen-bond acceptors (Lipinski definition) is 2. The molecule has 2 heteroatoms. The molecular weight excluding hydrogens is 210 g/mol. The summed E-state index contributed by atoms with van der Waals surface area (Å²) in [6.45, 7) is 2.84. The quantitative estimate of drug-likeness (QED) is 0.867. The van der Waals surface area contributed by atoms with Crippen LogP contribution in [0.2, 0.25) is 0 Å². The first-order valence-corrected chi connectivity index (χ1v) is 6.55. The van der Waals surface area contributed by atoms with Crippen molar-refractivity contribution in [3.05, 3.63) is 35.4 Å². The Balaban J connectivity index is 2.22. The molecule has 94 valence electrons. The fourth-order valence-corrected chi connectivity index (χ4v) is 2.91. The molecule has 1 aliphatic carbocycles. The van der Waals surface area contributed by atoms with Crippen LogP contribution in [0.4, 0.5) is 0 Å². The molecule has 1 aromatic carbocycles. The summed E-state index contributed by atoms with van der Waals surface area (Å²) >= 11 is 0. The van der Waals surface area contributed by atoms with Gasteiger partial charge in [0.1, 0.15) is 0 Å². The van der Waals surface area contributed by atoms with Crippen molar-refractivity contribution in [1.82, 2.24) is 0 Å². The molecule has 1 unspecified atom stereocenters. The molecule has 0 heterocycles. The van der Waals surface area contributed by atoms with Crippen molar-refractivity contribution in [2.75, 3.05) is 13.7 Å². The summed E-state index contributed by atoms with van der Waals surface area (Å²) < 4.78 is 5.33. The van der Waals surface area contributed by atoms with Gasteiger partial charge in [0, 0.05) is 19.1 Å². The molecule has 17 heavy (non-hydrogen) atoms. The largest absolute Gasteiger partial charge is 0.377 e. The van der Waals surface area contributed by atoms with Gasteiger partial charge >= 0.3 is 0 Å². The summed E-state index contributed by atoms with van der Waals surface area (Å²) in [5.41, 5.74) is 8.89. The Morgan fingerprint density at radius 3 is 2.29 bits per heavy atom. The van der Waals surface area contributed by atoms with Gasteiger partial charge in [-0.15, -0.1) is 0 Å². The molecule has 1 fully saturated rings. The first-order valence-electron chi connectivity index (χ1n) is 6.55. The zero-order valence-corrected chi connectivity index (χ0v) is 10.9. The van der Waals surface area contributed by atoms with Gasteiger partial charge in [-0.3, -0.25) is 0 Å². The van der Waals surface area contributed by atoms with Gasteiger partial charge in [-0.05, 0) is 30.9 Å². The highest BCUT2D eigenvalue weighted by Crippen LogP contribution is 2.40. The molecule has 1 aromatic rings. The van der Waals surface area contributed by atoms with Crippen molar-refractivity contribution in [3.63, 3.8) is 0 Å². The zero-order valence-electron chi connectivity index (χ0n) is 10.9. The van der Waals surface area contributed by atoms with Crippen LogP contribution in [0.5, 0.6) is 0 Å². The predicted octanol–water partition coefficient (Wildman–Crippen LogP) is 3.16. The van der Waals surface area contributed by atoms with Crippen molar-refractivity contribution in [1.29, 1.82) is 0 Å². The molecule has 0 spiro atoms. The van der Waals surface area contributed by atoms with E-state index in [-0.39, 0.29) is 11.5 Å². The fraction of sp³-hybridized carbons (Fsp3) is 0.600. The predicted molar refractivity (Wildman–Crippen MR) is 71.1 cm³/mol. The minimum Gasteiger partial charge on any atom is -0.377 e. The minimum atomic E-state index is 0.168. The summed E-state index contributed by atoms with van der Waals surface area (Å²) in [6.07, 6.45) is 5.27. The smallest absolute Gasteiger partial charge is 0.0793 e. The van der Waals surface area contributed by atoms with E-state index in [0.717, 1.165) is 6.54 Å². The summed E-state index contributed by atoms with van der Waals surface area (Å²) in [6, 6.07) is 8.84. The van der Waals surface area contributed by atoms with Crippen LogP contribution in [-0.4, -0.2) is 13.7 Å². The number of nitrogens with two attached hydrogens (primary N) is 1. The molecule has 1 atom stereocenters. The molecule has 1 saturated carbocycles. The molecule has 0 aliphatic heterocycles. The SMILES string of the molecule is COC(C)c1ccc(C2(CN)CCCC2)cc1. The van der Waals surface area contributed by atoms with E-state index in [1.165, 1.54) is 36.8 Å². The number of hydrogen-bond donors (Lipinski definition) is 1. The van der Waals surface area contributed by atoms with Crippen LogP contribution in [0.25, 0.3) is 0 Å². The topological polar surface area (TPSA) is 35.2 Å². The van der Waals surface area contributed by atoms with E-state index < -0.39 is 0 Å². The van der Waals surface area contributed by atoms with Gasteiger partial charge in [0.15, 0.2) is 0 Å². The molecule has 1 aliphatic rings. The Morgan fingerprint density at radius 1 is 1.24 bits per heavy atom. The molecule has 2 rings (SSSR count). The maximum absolute atomic E-state index is 6.00. The standard InChI is InChI=1S/C15H23NO/c1-12(17-2)13-5-7-14(8-6-13)15(11-16)9-3-4-10-15/h5-8,12H,3-4,9-11,16H2,1-2H3. The van der Waals surface area contributed by atoms with E-state index in [9.17, 15) is 0 Å². The Kier molecular flexibility index (Phi) is 3.85. The molecular formula is C15H23NO. The molecule has 0 radical (unpaired) electrons. The van der Waals surface area contributed by atoms with Crippen molar-refractivity contribution in [2.24, 2.45) is 5.73 Å². The average molecular weight is 233 g/mol. The summed E-state index contributed by atoms with van der Waals surface area (Å²) in [5, 5.41) is 0. The molecule has 2 nitrogen and oxygen atoms in total. The third-order valence-corrected chi connectivity index (χ3v) is 4.30. The van der Waals surface area contributed by atoms with Crippen LogP contribution in [0.3, 0.4) is 0 Å². The molecule has 0 bridgehead atoms. The highest BCUT2D eigenvalue weighted by atomic mass is 16.5. The number of benzene rings is 1. The Hall–Kier alpha value is -0.860. The average Bonchev–Trinajstić information content (AvgIpc) is 2.88. The monoisotopic (exact) mass is 233 g/mol. The van der Waals surface area contributed by atoms with E-state index in [4.69, 9.17) is 10.5 Å². The Bertz CT molecular complexity index is 352. The third-order valence-electron chi connectivity index (χ3n) is 4.30. The van der Waals surface area contributed by atoms with E-state index in [2.05, 4.69) is 31.2 Å². The number of rotatable bonds is 4. The van der Waals surface area contributed by atoms with E-state index in [1.54, 1.807) is 7.11 Å². The van der Waals surface area contributed by atoms with Gasteiger partial charge in [0.2, 0.25) is 0 Å². The first kappa shape index (κ1) is 12.6. The van der Waals surface area contributed by atoms with Gasteiger partial charge in [-0.2, -0.15) is 0 Å². The number of ether oxygens (including phenoxy) is 1. The lowest BCUT2D eigenvalue weighted by atomic mass is 9.78. The maximum atomic E-state index is 6.00. The van der Waals surface area contributed by atoms with Crippen molar-refractivity contribution >= 4 is 0 Å². The lowest BCUT2D eigenvalue weighted by Crippen LogP contribution is -2.31. The maximum Gasteiger partial charge on any atom is 0.0793 e. The van der Waals surface area contributed by atoms with Crippen LogP contribution in [-0.2, 0) is 10.2 Å². The lowest BCUT2D eigenvalue weighted by molar-refractivity contribution is 0.119. The van der Waals surface area contributed by atoms with Crippen LogP contribution < -0.4 is 5.73 Å². The first-order chi connectivity index (χ1) is 8.22. The minimum absolute atomic E-state index is 0.168. The van der Waals surface area contributed by atoms with Gasteiger partial charge in [0.05, 0.1) is 6.10 Å². The fourth-order valence-electron chi connectivity index (χ4n) is 2.91. The molecule has 0 saturated heterocycles. The molecule has 2 N–H and O–H groups in total. The van der Waals surface area contributed by atoms with Crippen LogP contribution >= 0.6 is 0 Å². The normalized spacial score (nSPS) is 20.4. The second kappa shape index (κ2) is 5.19. The van der Waals surface area contributed by atoms with Crippen LogP contribution in [0.15, 0.2) is 24.3 Å². The summed E-state index contributed by atoms with van der Waals surface area (Å²) in [5.74, 6) is 0. The van der Waals surface area contributed by atoms with Gasteiger partial charge in [-0.25, -0.2) is 0 Å². The summed E-state index contributed by atoms with van der Waals surface area (Å²) in [7, 11) is 1.75. The Labute approximate surface area is 104 Å². The second-order valence-electron chi connectivity index (χ2n) is 5.19. The second-order valence-corrected chi connectivity index (χ2v) is 5.19. The van der Waals surface area contributed by atoms with Crippen molar-refractivity contribution < 1.29 is 4.74 Å². The summed E-state index contributed by atoms with van der Waals surface area (Å²) in [4.78, 5) is 0. The lowest BCUT2D eigenvalue weighted by Gasteiger charge is -2.28. The Morgan fingerprint density at radius 2 is 1.82 bits per heavy atom. The van der Waals surface area contributed by atoms with Crippen LogP contribution in [0, 0.1) is 0 Å². The highest BCUT2D eigenvalue weighted by molar-refractivity contribution is 5.31. The van der Waals surface area contributed by atoms with Crippen LogP contribution in [0.1, 0.15) is 49.8 Å². The van der Waals surface area contributed by atoms with E-state index in [1.807, 2.05) is 0 Å². The van der Waals surface area contributed by atoms with Gasteiger partial charge in [0.25, 0.3) is 0 Å². The number of methoxy groups -OCH3 is 1. The van der Waals surface area contributed by atoms with Crippen molar-refractivity contribution in [2.45, 2.75) is 44.1 Å². The van der Waals surface area contributed by atoms with Gasteiger partial charge in [-0.1, -0.05) is 37.1 Å². The van der Waals surface area contributed by atoms with Crippen molar-refractivity contribution in [3.8, 4) is 0 Å². The van der Waals surface area contributed by atoms with Gasteiger partial charge < -0.3 is 10.5 Å². The molecule has 0 aromatic heterocycles. The van der Waals surface area contributed by atoms with E-state index >= 15 is 0 Å². The third kappa shape index (κ3) is 2.38.